The van der Waals surface area contributed by atoms with Crippen molar-refractivity contribution in [3.63, 3.8) is 0 Å². The van der Waals surface area contributed by atoms with Crippen LogP contribution in [0.4, 0.5) is 0 Å². The van der Waals surface area contributed by atoms with Gasteiger partial charge in [0, 0.05) is 37.3 Å². The third-order valence-electron chi connectivity index (χ3n) is 5.78. The molecule has 21 heavy (non-hydrogen) atoms. The molecule has 0 saturated carbocycles. The molecule has 0 amide bonds. The molecule has 2 aliphatic heterocycles. The summed E-state index contributed by atoms with van der Waals surface area (Å²) in [4.78, 5) is 5.28. The zero-order chi connectivity index (χ0) is 14.9. The van der Waals surface area contributed by atoms with E-state index in [2.05, 4.69) is 54.1 Å². The lowest BCUT2D eigenvalue weighted by molar-refractivity contribution is 0.0971. The number of hydrogen-bond donors (Lipinski definition) is 1. The maximum absolute atomic E-state index is 6.21. The Morgan fingerprint density at radius 3 is 2.57 bits per heavy atom. The number of rotatable bonds is 4. The second-order valence-corrected chi connectivity index (χ2v) is 7.15. The Balaban J connectivity index is 1.76. The second kappa shape index (κ2) is 6.07. The van der Waals surface area contributed by atoms with E-state index in [-0.39, 0.29) is 5.54 Å². The molecule has 3 nitrogen and oxygen atoms in total. The third kappa shape index (κ3) is 3.01. The lowest BCUT2D eigenvalue weighted by Gasteiger charge is -2.42. The summed E-state index contributed by atoms with van der Waals surface area (Å²) in [5, 5.41) is 0. The van der Waals surface area contributed by atoms with Crippen molar-refractivity contribution < 1.29 is 0 Å². The highest BCUT2D eigenvalue weighted by molar-refractivity contribution is 5.18. The molecule has 3 unspecified atom stereocenters. The smallest absolute Gasteiger partial charge is 0.0344 e. The van der Waals surface area contributed by atoms with Crippen LogP contribution in [0.2, 0.25) is 0 Å². The maximum Gasteiger partial charge on any atom is 0.0344 e. The normalized spacial score (nSPS) is 30.0. The number of likely N-dealkylation sites (tertiary alicyclic amines) is 1. The Morgan fingerprint density at radius 2 is 1.86 bits per heavy atom. The number of likely N-dealkylation sites (N-methyl/N-ethyl adjacent to an activating group) is 1. The van der Waals surface area contributed by atoms with Gasteiger partial charge < -0.3 is 5.73 Å². The molecule has 2 saturated heterocycles. The van der Waals surface area contributed by atoms with Gasteiger partial charge in [-0.2, -0.15) is 0 Å². The molecule has 0 aliphatic carbocycles. The summed E-state index contributed by atoms with van der Waals surface area (Å²) in [6.07, 6.45) is 5.07. The largest absolute Gasteiger partial charge is 0.329 e. The van der Waals surface area contributed by atoms with Gasteiger partial charge in [-0.3, -0.25) is 9.80 Å². The van der Waals surface area contributed by atoms with E-state index in [9.17, 15) is 0 Å². The zero-order valence-electron chi connectivity index (χ0n) is 13.5. The lowest BCUT2D eigenvalue weighted by Crippen LogP contribution is -2.55. The third-order valence-corrected chi connectivity index (χ3v) is 5.78. The van der Waals surface area contributed by atoms with Crippen LogP contribution >= 0.6 is 0 Å². The van der Waals surface area contributed by atoms with E-state index < -0.39 is 0 Å². The van der Waals surface area contributed by atoms with Crippen LogP contribution in [0.5, 0.6) is 0 Å². The summed E-state index contributed by atoms with van der Waals surface area (Å²) in [6.45, 7) is 5.43. The van der Waals surface area contributed by atoms with Crippen LogP contribution in [-0.4, -0.2) is 54.1 Å². The van der Waals surface area contributed by atoms with Crippen LogP contribution in [0, 0.1) is 0 Å². The maximum atomic E-state index is 6.21. The van der Waals surface area contributed by atoms with Crippen LogP contribution < -0.4 is 5.73 Å². The highest BCUT2D eigenvalue weighted by Gasteiger charge is 2.40. The minimum Gasteiger partial charge on any atom is -0.329 e. The van der Waals surface area contributed by atoms with Crippen LogP contribution in [0.25, 0.3) is 0 Å². The average Bonchev–Trinajstić information content (AvgIpc) is 2.72. The van der Waals surface area contributed by atoms with Crippen molar-refractivity contribution in [1.82, 2.24) is 9.80 Å². The van der Waals surface area contributed by atoms with Gasteiger partial charge in [-0.1, -0.05) is 30.3 Å². The molecule has 1 aromatic rings. The molecule has 0 radical (unpaired) electrons. The molecule has 3 atom stereocenters. The SMILES string of the molecule is CN1C2CCC1CN(C(C)(CN)Cc1ccccc1)CC2. The molecular formula is C18H29N3. The highest BCUT2D eigenvalue weighted by Crippen LogP contribution is 2.32. The molecule has 2 N–H and O–H groups in total. The standard InChI is InChI=1S/C18H29N3/c1-18(14-19,12-15-6-4-3-5-7-15)21-11-10-16-8-9-17(13-21)20(16)2/h3-7,16-17H,8-14,19H2,1-2H3. The Morgan fingerprint density at radius 1 is 1.14 bits per heavy atom. The minimum atomic E-state index is 0.0761. The Kier molecular flexibility index (Phi) is 4.34. The minimum absolute atomic E-state index is 0.0761. The molecule has 2 heterocycles. The van der Waals surface area contributed by atoms with Gasteiger partial charge in [0.2, 0.25) is 0 Å². The van der Waals surface area contributed by atoms with Gasteiger partial charge in [0.15, 0.2) is 0 Å². The lowest BCUT2D eigenvalue weighted by atomic mass is 9.89. The fourth-order valence-electron chi connectivity index (χ4n) is 4.15. The van der Waals surface area contributed by atoms with Crippen molar-refractivity contribution in [3.05, 3.63) is 35.9 Å². The summed E-state index contributed by atoms with van der Waals surface area (Å²) >= 11 is 0. The molecule has 2 aliphatic rings. The molecular weight excluding hydrogens is 258 g/mol. The Labute approximate surface area is 129 Å². The van der Waals surface area contributed by atoms with Gasteiger partial charge in [0.1, 0.15) is 0 Å². The molecule has 116 valence electrons. The number of nitrogens with two attached hydrogens (primary N) is 1. The van der Waals surface area contributed by atoms with Crippen LogP contribution in [0.3, 0.4) is 0 Å². The van der Waals surface area contributed by atoms with E-state index in [1.54, 1.807) is 0 Å². The van der Waals surface area contributed by atoms with Crippen molar-refractivity contribution in [1.29, 1.82) is 0 Å². The molecule has 0 spiro atoms. The topological polar surface area (TPSA) is 32.5 Å². The van der Waals surface area contributed by atoms with Crippen molar-refractivity contribution in [2.45, 2.75) is 50.2 Å². The fraction of sp³-hybridized carbons (Fsp3) is 0.667. The number of nitrogens with zero attached hydrogens (tertiary/aromatic N) is 2. The van der Waals surface area contributed by atoms with Gasteiger partial charge in [0.25, 0.3) is 0 Å². The Hall–Kier alpha value is -0.900. The summed E-state index contributed by atoms with van der Waals surface area (Å²) in [5.41, 5.74) is 7.69. The average molecular weight is 287 g/mol. The second-order valence-electron chi connectivity index (χ2n) is 7.15. The molecule has 3 heteroatoms. The zero-order valence-corrected chi connectivity index (χ0v) is 13.5. The number of fused-ring (bicyclic) bond motifs is 2. The van der Waals surface area contributed by atoms with Crippen molar-refractivity contribution in [2.24, 2.45) is 5.73 Å². The first-order valence-electron chi connectivity index (χ1n) is 8.33. The summed E-state index contributed by atoms with van der Waals surface area (Å²) in [6, 6.07) is 12.3. The van der Waals surface area contributed by atoms with Gasteiger partial charge in [-0.05, 0) is 45.2 Å². The summed E-state index contributed by atoms with van der Waals surface area (Å²) in [7, 11) is 2.31. The van der Waals surface area contributed by atoms with Crippen molar-refractivity contribution in [3.8, 4) is 0 Å². The van der Waals surface area contributed by atoms with Crippen molar-refractivity contribution >= 4 is 0 Å². The van der Waals surface area contributed by atoms with Crippen molar-refractivity contribution in [2.75, 3.05) is 26.7 Å². The highest BCUT2D eigenvalue weighted by atomic mass is 15.3. The van der Waals surface area contributed by atoms with E-state index in [4.69, 9.17) is 5.73 Å². The predicted molar refractivity (Wildman–Crippen MR) is 88.4 cm³/mol. The van der Waals surface area contributed by atoms with E-state index in [0.29, 0.717) is 0 Å². The van der Waals surface area contributed by atoms with Crippen LogP contribution in [0.1, 0.15) is 31.7 Å². The molecule has 0 aromatic heterocycles. The molecule has 1 aromatic carbocycles. The van der Waals surface area contributed by atoms with Gasteiger partial charge in [0.05, 0.1) is 0 Å². The summed E-state index contributed by atoms with van der Waals surface area (Å²) in [5.74, 6) is 0. The van der Waals surface area contributed by atoms with E-state index in [1.807, 2.05) is 0 Å². The van der Waals surface area contributed by atoms with E-state index in [0.717, 1.165) is 25.0 Å². The first-order valence-corrected chi connectivity index (χ1v) is 8.33. The first kappa shape index (κ1) is 15.0. The fourth-order valence-corrected chi connectivity index (χ4v) is 4.15. The summed E-state index contributed by atoms with van der Waals surface area (Å²) < 4.78 is 0. The monoisotopic (exact) mass is 287 g/mol. The predicted octanol–water partition coefficient (Wildman–Crippen LogP) is 2.11. The van der Waals surface area contributed by atoms with Gasteiger partial charge in [-0.25, -0.2) is 0 Å². The van der Waals surface area contributed by atoms with Gasteiger partial charge >= 0.3 is 0 Å². The van der Waals surface area contributed by atoms with Crippen LogP contribution in [-0.2, 0) is 6.42 Å². The molecule has 2 bridgehead atoms. The molecule has 2 fully saturated rings. The quantitative estimate of drug-likeness (QED) is 0.920. The number of benzene rings is 1. The first-order chi connectivity index (χ1) is 10.1. The van der Waals surface area contributed by atoms with E-state index in [1.165, 1.54) is 37.9 Å². The molecule has 3 rings (SSSR count). The van der Waals surface area contributed by atoms with Gasteiger partial charge in [-0.15, -0.1) is 0 Å². The Bertz CT molecular complexity index is 461. The number of hydrogen-bond acceptors (Lipinski definition) is 3. The van der Waals surface area contributed by atoms with Crippen LogP contribution in [0.15, 0.2) is 30.3 Å². The van der Waals surface area contributed by atoms with E-state index >= 15 is 0 Å².